The Morgan fingerprint density at radius 2 is 2.00 bits per heavy atom. The molecule has 1 heterocycles. The first-order valence-electron chi connectivity index (χ1n) is 7.49. The lowest BCUT2D eigenvalue weighted by molar-refractivity contribution is 0.182. The molecule has 5 nitrogen and oxygen atoms in total. The third-order valence-electron chi connectivity index (χ3n) is 4.14. The van der Waals surface area contributed by atoms with E-state index in [9.17, 15) is 8.42 Å². The highest BCUT2D eigenvalue weighted by atomic mass is 32.2. The first kappa shape index (κ1) is 16.4. The van der Waals surface area contributed by atoms with E-state index in [-0.39, 0.29) is 4.90 Å². The van der Waals surface area contributed by atoms with Gasteiger partial charge in [0.1, 0.15) is 0 Å². The Labute approximate surface area is 127 Å². The lowest BCUT2D eigenvalue weighted by Crippen LogP contribution is -2.43. The number of nitrogens with two attached hydrogens (primary N) is 1. The second-order valence-electron chi connectivity index (χ2n) is 5.77. The zero-order valence-electron chi connectivity index (χ0n) is 12.6. The predicted molar refractivity (Wildman–Crippen MR) is 84.7 cm³/mol. The minimum atomic E-state index is -3.59. The molecule has 1 saturated heterocycles. The maximum Gasteiger partial charge on any atom is 0.238 e. The molecule has 0 bridgehead atoms. The van der Waals surface area contributed by atoms with Gasteiger partial charge in [-0.15, -0.1) is 0 Å². The number of sulfonamides is 1. The van der Waals surface area contributed by atoms with Crippen LogP contribution in [0.5, 0.6) is 0 Å². The number of piperidine rings is 1. The van der Waals surface area contributed by atoms with Gasteiger partial charge in [0.05, 0.1) is 4.90 Å². The van der Waals surface area contributed by atoms with Gasteiger partial charge >= 0.3 is 0 Å². The monoisotopic (exact) mass is 311 g/mol. The Morgan fingerprint density at radius 3 is 2.62 bits per heavy atom. The Bertz CT molecular complexity index is 543. The SMILES string of the molecule is CN1CCCCC1CNCCc1ccc(S(N)(=O)=O)cc1. The summed E-state index contributed by atoms with van der Waals surface area (Å²) >= 11 is 0. The first-order chi connectivity index (χ1) is 9.97. The largest absolute Gasteiger partial charge is 0.315 e. The number of primary sulfonamides is 1. The normalized spacial score (nSPS) is 20.6. The lowest BCUT2D eigenvalue weighted by Gasteiger charge is -2.32. The molecule has 1 unspecified atom stereocenters. The Kier molecular flexibility index (Phi) is 5.75. The highest BCUT2D eigenvalue weighted by molar-refractivity contribution is 7.89. The maximum absolute atomic E-state index is 11.2. The van der Waals surface area contributed by atoms with E-state index in [0.29, 0.717) is 6.04 Å². The van der Waals surface area contributed by atoms with E-state index >= 15 is 0 Å². The number of hydrogen-bond acceptors (Lipinski definition) is 4. The van der Waals surface area contributed by atoms with Crippen molar-refractivity contribution in [2.45, 2.75) is 36.6 Å². The summed E-state index contributed by atoms with van der Waals surface area (Å²) in [5.41, 5.74) is 1.12. The van der Waals surface area contributed by atoms with Gasteiger partial charge in [-0.05, 0) is 57.1 Å². The van der Waals surface area contributed by atoms with Crippen LogP contribution < -0.4 is 10.5 Å². The average molecular weight is 311 g/mol. The van der Waals surface area contributed by atoms with Crippen molar-refractivity contribution in [1.82, 2.24) is 10.2 Å². The molecule has 0 radical (unpaired) electrons. The van der Waals surface area contributed by atoms with Crippen LogP contribution in [0.3, 0.4) is 0 Å². The summed E-state index contributed by atoms with van der Waals surface area (Å²) in [4.78, 5) is 2.60. The van der Waals surface area contributed by atoms with E-state index in [2.05, 4.69) is 17.3 Å². The predicted octanol–water partition coefficient (Wildman–Crippen LogP) is 0.950. The Morgan fingerprint density at radius 1 is 1.29 bits per heavy atom. The molecule has 2 rings (SSSR count). The van der Waals surface area contributed by atoms with E-state index in [1.165, 1.54) is 25.8 Å². The zero-order valence-corrected chi connectivity index (χ0v) is 13.4. The van der Waals surface area contributed by atoms with Crippen LogP contribution in [-0.2, 0) is 16.4 Å². The molecule has 118 valence electrons. The molecule has 21 heavy (non-hydrogen) atoms. The highest BCUT2D eigenvalue weighted by Crippen LogP contribution is 2.14. The first-order valence-corrected chi connectivity index (χ1v) is 9.04. The van der Waals surface area contributed by atoms with Crippen LogP contribution in [0.2, 0.25) is 0 Å². The van der Waals surface area contributed by atoms with Crippen molar-refractivity contribution in [3.05, 3.63) is 29.8 Å². The summed E-state index contributed by atoms with van der Waals surface area (Å²) in [6.07, 6.45) is 4.79. The van der Waals surface area contributed by atoms with Gasteiger partial charge in [0, 0.05) is 12.6 Å². The zero-order chi connectivity index (χ0) is 15.3. The fraction of sp³-hybridized carbons (Fsp3) is 0.600. The van der Waals surface area contributed by atoms with Gasteiger partial charge in [-0.2, -0.15) is 0 Å². The van der Waals surface area contributed by atoms with Gasteiger partial charge in [0.15, 0.2) is 0 Å². The van der Waals surface area contributed by atoms with E-state index in [1.54, 1.807) is 12.1 Å². The van der Waals surface area contributed by atoms with Crippen molar-refractivity contribution in [3.63, 3.8) is 0 Å². The second kappa shape index (κ2) is 7.35. The number of hydrogen-bond donors (Lipinski definition) is 2. The average Bonchev–Trinajstić information content (AvgIpc) is 2.45. The van der Waals surface area contributed by atoms with Crippen molar-refractivity contribution < 1.29 is 8.42 Å². The fourth-order valence-corrected chi connectivity index (χ4v) is 3.26. The molecule has 1 aliphatic rings. The fourth-order valence-electron chi connectivity index (χ4n) is 2.75. The molecule has 0 aromatic heterocycles. The van der Waals surface area contributed by atoms with Gasteiger partial charge in [-0.25, -0.2) is 13.6 Å². The molecule has 1 aromatic rings. The molecule has 3 N–H and O–H groups in total. The summed E-state index contributed by atoms with van der Waals surface area (Å²) in [6.45, 7) is 3.12. The molecule has 1 fully saturated rings. The van der Waals surface area contributed by atoms with Gasteiger partial charge in [-0.1, -0.05) is 18.6 Å². The molecule has 1 atom stereocenters. The number of benzene rings is 1. The van der Waals surface area contributed by atoms with Crippen molar-refractivity contribution in [2.24, 2.45) is 5.14 Å². The van der Waals surface area contributed by atoms with Crippen LogP contribution in [-0.4, -0.2) is 46.0 Å². The van der Waals surface area contributed by atoms with Crippen LogP contribution in [0.15, 0.2) is 29.2 Å². The van der Waals surface area contributed by atoms with Crippen molar-refractivity contribution >= 4 is 10.0 Å². The lowest BCUT2D eigenvalue weighted by atomic mass is 10.0. The van der Waals surface area contributed by atoms with E-state index in [1.807, 2.05) is 12.1 Å². The molecule has 0 amide bonds. The number of likely N-dealkylation sites (tertiary alicyclic amines) is 1. The summed E-state index contributed by atoms with van der Waals surface area (Å²) in [5, 5.41) is 8.57. The molecule has 6 heteroatoms. The standard InChI is InChI=1S/C15H25N3O2S/c1-18-11-3-2-4-14(18)12-17-10-9-13-5-7-15(8-6-13)21(16,19)20/h5-8,14,17H,2-4,9-12H2,1H3,(H2,16,19,20). The molecular formula is C15H25N3O2S. The minimum Gasteiger partial charge on any atom is -0.315 e. The number of rotatable bonds is 6. The quantitative estimate of drug-likeness (QED) is 0.767. The van der Waals surface area contributed by atoms with Crippen LogP contribution in [0.1, 0.15) is 24.8 Å². The van der Waals surface area contributed by atoms with E-state index < -0.39 is 10.0 Å². The van der Waals surface area contributed by atoms with Crippen molar-refractivity contribution in [1.29, 1.82) is 0 Å². The van der Waals surface area contributed by atoms with Gasteiger partial charge < -0.3 is 10.2 Å². The molecular weight excluding hydrogens is 286 g/mol. The maximum atomic E-state index is 11.2. The molecule has 1 aromatic carbocycles. The molecule has 0 aliphatic carbocycles. The molecule has 0 spiro atoms. The summed E-state index contributed by atoms with van der Waals surface area (Å²) in [6, 6.07) is 7.44. The highest BCUT2D eigenvalue weighted by Gasteiger charge is 2.17. The molecule has 0 saturated carbocycles. The Hall–Kier alpha value is -0.950. The van der Waals surface area contributed by atoms with E-state index in [4.69, 9.17) is 5.14 Å². The number of nitrogens with one attached hydrogen (secondary N) is 1. The van der Waals surface area contributed by atoms with Crippen LogP contribution >= 0.6 is 0 Å². The third-order valence-corrected chi connectivity index (χ3v) is 5.07. The van der Waals surface area contributed by atoms with Crippen molar-refractivity contribution in [2.75, 3.05) is 26.7 Å². The number of likely N-dealkylation sites (N-methyl/N-ethyl adjacent to an activating group) is 1. The van der Waals surface area contributed by atoms with Crippen LogP contribution in [0.4, 0.5) is 0 Å². The summed E-state index contributed by atoms with van der Waals surface area (Å²) in [5.74, 6) is 0. The van der Waals surface area contributed by atoms with Crippen LogP contribution in [0, 0.1) is 0 Å². The Balaban J connectivity index is 1.73. The van der Waals surface area contributed by atoms with Gasteiger partial charge in [0.2, 0.25) is 10.0 Å². The topological polar surface area (TPSA) is 75.4 Å². The van der Waals surface area contributed by atoms with Crippen LogP contribution in [0.25, 0.3) is 0 Å². The number of nitrogens with zero attached hydrogens (tertiary/aromatic N) is 1. The van der Waals surface area contributed by atoms with E-state index in [0.717, 1.165) is 25.1 Å². The minimum absolute atomic E-state index is 0.169. The third kappa shape index (κ3) is 5.07. The summed E-state index contributed by atoms with van der Waals surface area (Å²) < 4.78 is 22.3. The van der Waals surface area contributed by atoms with Gasteiger partial charge in [0.25, 0.3) is 0 Å². The van der Waals surface area contributed by atoms with Crippen molar-refractivity contribution in [3.8, 4) is 0 Å². The van der Waals surface area contributed by atoms with Gasteiger partial charge in [-0.3, -0.25) is 0 Å². The second-order valence-corrected chi connectivity index (χ2v) is 7.33. The smallest absolute Gasteiger partial charge is 0.238 e. The molecule has 1 aliphatic heterocycles. The summed E-state index contributed by atoms with van der Waals surface area (Å²) in [7, 11) is -1.39.